The summed E-state index contributed by atoms with van der Waals surface area (Å²) in [6.07, 6.45) is 7.01. The molecule has 0 fully saturated rings. The summed E-state index contributed by atoms with van der Waals surface area (Å²) in [5.41, 5.74) is 17.3. The van der Waals surface area contributed by atoms with Gasteiger partial charge in [0.25, 0.3) is 0 Å². The fourth-order valence-corrected chi connectivity index (χ4v) is 7.89. The second kappa shape index (κ2) is 19.7. The van der Waals surface area contributed by atoms with Crippen LogP contribution in [0.3, 0.4) is 0 Å². The SMILES string of the molecule is CCC.CCC.CCC.c1ccc2c(c1)Cc1ccc3ccccc3c1-2.c1ccc2c(c1)Cc1ccc3ccccc3c1-2.c1ccc2c(c1)Cc1ccccc1-2. The Bertz CT molecular complexity index is 2320. The smallest absolute Gasteiger partial charge is 0.00132 e. The number of hydrogen-bond donors (Lipinski definition) is 0. The Morgan fingerprint density at radius 1 is 0.268 bits per heavy atom. The first-order chi connectivity index (χ1) is 27.6. The molecule has 0 spiro atoms. The third-order valence-electron chi connectivity index (χ3n) is 10.1. The lowest BCUT2D eigenvalue weighted by Gasteiger charge is -2.06. The lowest BCUT2D eigenvalue weighted by molar-refractivity contribution is 1.09. The molecule has 0 amide bonds. The minimum atomic E-state index is 1.08. The summed E-state index contributed by atoms with van der Waals surface area (Å²) < 4.78 is 0. The van der Waals surface area contributed by atoms with E-state index in [4.69, 9.17) is 0 Å². The minimum absolute atomic E-state index is 1.08. The van der Waals surface area contributed by atoms with Gasteiger partial charge in [-0.25, -0.2) is 0 Å². The predicted molar refractivity (Wildman–Crippen MR) is 247 cm³/mol. The molecule has 0 heterocycles. The number of fused-ring (bicyclic) bond motifs is 13. The number of rotatable bonds is 0. The summed E-state index contributed by atoms with van der Waals surface area (Å²) in [5.74, 6) is 0. The molecular formula is C56H58. The maximum absolute atomic E-state index is 2.28. The zero-order valence-electron chi connectivity index (χ0n) is 34.4. The van der Waals surface area contributed by atoms with Crippen LogP contribution in [-0.2, 0) is 19.3 Å². The van der Waals surface area contributed by atoms with Gasteiger partial charge in [0.2, 0.25) is 0 Å². The molecule has 56 heavy (non-hydrogen) atoms. The van der Waals surface area contributed by atoms with Gasteiger partial charge in [-0.3, -0.25) is 0 Å². The normalized spacial score (nSPS) is 11.4. The summed E-state index contributed by atoms with van der Waals surface area (Å²) in [4.78, 5) is 0. The van der Waals surface area contributed by atoms with Gasteiger partial charge in [-0.15, -0.1) is 0 Å². The lowest BCUT2D eigenvalue weighted by Crippen LogP contribution is -1.81. The van der Waals surface area contributed by atoms with Crippen molar-refractivity contribution in [2.75, 3.05) is 0 Å². The molecule has 0 aliphatic heterocycles. The molecule has 8 aromatic carbocycles. The van der Waals surface area contributed by atoms with E-state index in [-0.39, 0.29) is 0 Å². The molecule has 3 aliphatic rings. The van der Waals surface area contributed by atoms with Crippen molar-refractivity contribution in [2.45, 2.75) is 80.1 Å². The van der Waals surface area contributed by atoms with Gasteiger partial charge >= 0.3 is 0 Å². The Kier molecular flexibility index (Phi) is 14.1. The van der Waals surface area contributed by atoms with Crippen LogP contribution in [0.5, 0.6) is 0 Å². The highest BCUT2D eigenvalue weighted by molar-refractivity contribution is 6.02. The first-order valence-electron chi connectivity index (χ1n) is 20.9. The maximum atomic E-state index is 2.28. The van der Waals surface area contributed by atoms with Crippen LogP contribution in [0.2, 0.25) is 0 Å². The highest BCUT2D eigenvalue weighted by Gasteiger charge is 2.21. The molecule has 0 saturated heterocycles. The average molecular weight is 731 g/mol. The average Bonchev–Trinajstić information content (AvgIpc) is 3.94. The largest absolute Gasteiger partial charge is 0.0656 e. The summed E-state index contributed by atoms with van der Waals surface area (Å²) >= 11 is 0. The van der Waals surface area contributed by atoms with Gasteiger partial charge in [0, 0.05) is 0 Å². The van der Waals surface area contributed by atoms with Crippen LogP contribution >= 0.6 is 0 Å². The molecule has 8 aromatic rings. The standard InChI is InChI=1S/2C17H12.C13H10.3C3H8/c2*1-3-7-15-12(5-1)9-10-14-11-13-6-2-4-8-16(13)17(14)15;1-3-7-12-10(5-1)9-11-6-2-4-8-13(11)12;3*1-3-2/h2*1-10H,11H2;1-8H,9H2;3*3H2,1-2H3. The van der Waals surface area contributed by atoms with Crippen LogP contribution in [0, 0.1) is 0 Å². The fourth-order valence-electron chi connectivity index (χ4n) is 7.89. The minimum Gasteiger partial charge on any atom is -0.0656 e. The molecule has 11 rings (SSSR count). The Balaban J connectivity index is 0.000000130. The van der Waals surface area contributed by atoms with Crippen molar-refractivity contribution in [2.24, 2.45) is 0 Å². The molecule has 0 unspecified atom stereocenters. The van der Waals surface area contributed by atoms with Crippen molar-refractivity contribution in [3.8, 4) is 33.4 Å². The van der Waals surface area contributed by atoms with E-state index in [9.17, 15) is 0 Å². The molecule has 0 bridgehead atoms. The second-order valence-corrected chi connectivity index (χ2v) is 14.9. The molecular weight excluding hydrogens is 673 g/mol. The molecule has 0 aromatic heterocycles. The molecule has 0 nitrogen and oxygen atoms in total. The molecule has 0 radical (unpaired) electrons. The van der Waals surface area contributed by atoms with Crippen molar-refractivity contribution in [3.63, 3.8) is 0 Å². The Morgan fingerprint density at radius 3 is 0.911 bits per heavy atom. The van der Waals surface area contributed by atoms with Crippen LogP contribution in [0.1, 0.15) is 94.2 Å². The second-order valence-electron chi connectivity index (χ2n) is 14.9. The van der Waals surface area contributed by atoms with E-state index in [1.165, 1.54) is 108 Å². The van der Waals surface area contributed by atoms with Gasteiger partial charge in [0.15, 0.2) is 0 Å². The van der Waals surface area contributed by atoms with Crippen molar-refractivity contribution < 1.29 is 0 Å². The van der Waals surface area contributed by atoms with Crippen LogP contribution in [0.4, 0.5) is 0 Å². The van der Waals surface area contributed by atoms with Gasteiger partial charge in [0.05, 0.1) is 0 Å². The molecule has 0 heteroatoms. The van der Waals surface area contributed by atoms with E-state index in [1.54, 1.807) is 0 Å². The van der Waals surface area contributed by atoms with Gasteiger partial charge in [-0.2, -0.15) is 0 Å². The first kappa shape index (κ1) is 40.0. The summed E-state index contributed by atoms with van der Waals surface area (Å²) in [6, 6.07) is 61.2. The van der Waals surface area contributed by atoms with Gasteiger partial charge in [-0.05, 0) is 108 Å². The van der Waals surface area contributed by atoms with Crippen molar-refractivity contribution in [1.82, 2.24) is 0 Å². The number of benzene rings is 8. The summed E-state index contributed by atoms with van der Waals surface area (Å²) in [7, 11) is 0. The lowest BCUT2D eigenvalue weighted by atomic mass is 9.98. The van der Waals surface area contributed by atoms with Crippen molar-refractivity contribution >= 4 is 21.5 Å². The topological polar surface area (TPSA) is 0 Å². The quantitative estimate of drug-likeness (QED) is 0.146. The monoisotopic (exact) mass is 730 g/mol. The van der Waals surface area contributed by atoms with E-state index >= 15 is 0 Å². The third kappa shape index (κ3) is 8.87. The van der Waals surface area contributed by atoms with Crippen LogP contribution in [-0.4, -0.2) is 0 Å². The van der Waals surface area contributed by atoms with Gasteiger partial charge in [0.1, 0.15) is 0 Å². The van der Waals surface area contributed by atoms with E-state index < -0.39 is 0 Å². The summed E-state index contributed by atoms with van der Waals surface area (Å²) in [6.45, 7) is 12.8. The molecule has 3 aliphatic carbocycles. The summed E-state index contributed by atoms with van der Waals surface area (Å²) in [5, 5.41) is 5.44. The number of hydrogen-bond acceptors (Lipinski definition) is 0. The van der Waals surface area contributed by atoms with Crippen LogP contribution in [0.25, 0.3) is 54.9 Å². The van der Waals surface area contributed by atoms with E-state index in [0.717, 1.165) is 19.3 Å². The highest BCUT2D eigenvalue weighted by Crippen LogP contribution is 2.42. The zero-order valence-corrected chi connectivity index (χ0v) is 34.4. The third-order valence-corrected chi connectivity index (χ3v) is 10.1. The molecule has 0 saturated carbocycles. The Hall–Kier alpha value is -5.72. The van der Waals surface area contributed by atoms with E-state index in [0.29, 0.717) is 0 Å². The molecule has 0 atom stereocenters. The molecule has 0 N–H and O–H groups in total. The Morgan fingerprint density at radius 2 is 0.536 bits per heavy atom. The van der Waals surface area contributed by atoms with E-state index in [1.807, 2.05) is 0 Å². The van der Waals surface area contributed by atoms with Crippen molar-refractivity contribution in [3.05, 3.63) is 203 Å². The van der Waals surface area contributed by atoms with Gasteiger partial charge in [-0.1, -0.05) is 231 Å². The highest BCUT2D eigenvalue weighted by atomic mass is 14.2. The molecule has 282 valence electrons. The predicted octanol–water partition coefficient (Wildman–Crippen LogP) is 16.3. The zero-order chi connectivity index (χ0) is 39.3. The van der Waals surface area contributed by atoms with Gasteiger partial charge < -0.3 is 0 Å². The first-order valence-corrected chi connectivity index (χ1v) is 20.9. The van der Waals surface area contributed by atoms with Crippen molar-refractivity contribution in [1.29, 1.82) is 0 Å². The maximum Gasteiger partial charge on any atom is -0.00132 e. The fraction of sp³-hybridized carbons (Fsp3) is 0.214. The van der Waals surface area contributed by atoms with Crippen LogP contribution < -0.4 is 0 Å². The Labute approximate surface area is 336 Å². The van der Waals surface area contributed by atoms with Crippen LogP contribution in [0.15, 0.2) is 170 Å². The van der Waals surface area contributed by atoms with E-state index in [2.05, 4.69) is 211 Å².